The zero-order valence-electron chi connectivity index (χ0n) is 14.1. The molecule has 0 saturated heterocycles. The Balaban J connectivity index is 1.94. The van der Waals surface area contributed by atoms with Gasteiger partial charge in [0.05, 0.1) is 5.56 Å². The van der Waals surface area contributed by atoms with E-state index in [0.29, 0.717) is 12.8 Å². The second kappa shape index (κ2) is 6.82. The number of nitriles is 1. The summed E-state index contributed by atoms with van der Waals surface area (Å²) < 4.78 is 49.4. The summed E-state index contributed by atoms with van der Waals surface area (Å²) in [7, 11) is 0. The van der Waals surface area contributed by atoms with Crippen molar-refractivity contribution < 1.29 is 27.4 Å². The molecule has 1 N–H and O–H groups in total. The first-order chi connectivity index (χ1) is 11.5. The lowest BCUT2D eigenvalue weighted by Crippen LogP contribution is -2.50. The minimum Gasteiger partial charge on any atom is -0.489 e. The standard InChI is InChI=1S/C17H19F3N2O3/c1-16(2,3)25-15(23)22-10-7-11(8-10)24-14-6-4-5-13(12(14)9-21)17(18,19)20/h4-6,10-11H,7-8H2,1-3H3,(H,22,23). The molecular weight excluding hydrogens is 337 g/mol. The van der Waals surface area contributed by atoms with Crippen molar-refractivity contribution in [2.75, 3.05) is 0 Å². The summed E-state index contributed by atoms with van der Waals surface area (Å²) in [6, 6.07) is 4.77. The Kier molecular flexibility index (Phi) is 5.16. The lowest BCUT2D eigenvalue weighted by Gasteiger charge is -2.36. The Bertz CT molecular complexity index is 684. The highest BCUT2D eigenvalue weighted by atomic mass is 19.4. The number of carbonyl (C=O) groups is 1. The number of carbonyl (C=O) groups excluding carboxylic acids is 1. The van der Waals surface area contributed by atoms with Crippen LogP contribution in [0, 0.1) is 11.3 Å². The first-order valence-corrected chi connectivity index (χ1v) is 7.76. The molecule has 1 aliphatic carbocycles. The Hall–Kier alpha value is -2.43. The minimum absolute atomic E-state index is 0.0990. The fourth-order valence-electron chi connectivity index (χ4n) is 2.41. The smallest absolute Gasteiger partial charge is 0.417 e. The lowest BCUT2D eigenvalue weighted by molar-refractivity contribution is -0.138. The molecule has 0 aliphatic heterocycles. The predicted octanol–water partition coefficient (Wildman–Crippen LogP) is 4.01. The van der Waals surface area contributed by atoms with Crippen molar-refractivity contribution in [2.45, 2.75) is 57.5 Å². The zero-order valence-corrected chi connectivity index (χ0v) is 14.1. The van der Waals surface area contributed by atoms with Crippen LogP contribution in [0.5, 0.6) is 5.75 Å². The maximum Gasteiger partial charge on any atom is 0.417 e. The molecule has 0 unspecified atom stereocenters. The molecule has 136 valence electrons. The Morgan fingerprint density at radius 2 is 1.92 bits per heavy atom. The summed E-state index contributed by atoms with van der Waals surface area (Å²) in [5.41, 5.74) is -2.16. The average Bonchev–Trinajstić information content (AvgIpc) is 2.41. The van der Waals surface area contributed by atoms with Crippen LogP contribution < -0.4 is 10.1 Å². The van der Waals surface area contributed by atoms with Crippen molar-refractivity contribution in [3.63, 3.8) is 0 Å². The van der Waals surface area contributed by atoms with Gasteiger partial charge in [-0.25, -0.2) is 4.79 Å². The topological polar surface area (TPSA) is 71.3 Å². The van der Waals surface area contributed by atoms with Gasteiger partial charge in [-0.3, -0.25) is 0 Å². The number of amides is 1. The summed E-state index contributed by atoms with van der Waals surface area (Å²) in [6.07, 6.45) is -4.67. The third kappa shape index (κ3) is 5.02. The molecule has 0 atom stereocenters. The Labute approximate surface area is 143 Å². The van der Waals surface area contributed by atoms with Gasteiger partial charge in [0.2, 0.25) is 0 Å². The molecule has 1 aromatic carbocycles. The summed E-state index contributed by atoms with van der Waals surface area (Å²) in [5, 5.41) is 11.7. The summed E-state index contributed by atoms with van der Waals surface area (Å²) in [4.78, 5) is 11.6. The van der Waals surface area contributed by atoms with E-state index in [1.807, 2.05) is 0 Å². The van der Waals surface area contributed by atoms with Crippen molar-refractivity contribution in [3.05, 3.63) is 29.3 Å². The lowest BCUT2D eigenvalue weighted by atomic mass is 9.89. The van der Waals surface area contributed by atoms with Crippen LogP contribution in [0.4, 0.5) is 18.0 Å². The Morgan fingerprint density at radius 1 is 1.28 bits per heavy atom. The molecule has 1 fully saturated rings. The number of benzene rings is 1. The van der Waals surface area contributed by atoms with E-state index in [2.05, 4.69) is 5.32 Å². The summed E-state index contributed by atoms with van der Waals surface area (Å²) in [5.74, 6) is -0.0990. The number of rotatable bonds is 3. The number of alkyl halides is 3. The van der Waals surface area contributed by atoms with Crippen molar-refractivity contribution in [2.24, 2.45) is 0 Å². The van der Waals surface area contributed by atoms with Gasteiger partial charge in [-0.1, -0.05) is 6.07 Å². The molecule has 8 heteroatoms. The fraction of sp³-hybridized carbons (Fsp3) is 0.529. The number of hydrogen-bond donors (Lipinski definition) is 1. The van der Waals surface area contributed by atoms with E-state index in [1.165, 1.54) is 12.1 Å². The van der Waals surface area contributed by atoms with Gasteiger partial charge in [0.15, 0.2) is 0 Å². The third-order valence-corrected chi connectivity index (χ3v) is 3.55. The number of ether oxygens (including phenoxy) is 2. The predicted molar refractivity (Wildman–Crippen MR) is 83.0 cm³/mol. The molecule has 5 nitrogen and oxygen atoms in total. The maximum atomic E-state index is 12.9. The molecule has 1 saturated carbocycles. The van der Waals surface area contributed by atoms with E-state index < -0.39 is 29.0 Å². The van der Waals surface area contributed by atoms with E-state index in [4.69, 9.17) is 14.7 Å². The van der Waals surface area contributed by atoms with Crippen LogP contribution in [0.25, 0.3) is 0 Å². The van der Waals surface area contributed by atoms with Crippen LogP contribution in [-0.4, -0.2) is 23.8 Å². The molecule has 0 spiro atoms. The molecule has 0 heterocycles. The van der Waals surface area contributed by atoms with E-state index in [9.17, 15) is 18.0 Å². The van der Waals surface area contributed by atoms with Gasteiger partial charge >= 0.3 is 12.3 Å². The normalized spacial score (nSPS) is 20.2. The molecule has 2 rings (SSSR count). The van der Waals surface area contributed by atoms with Crippen molar-refractivity contribution in [1.29, 1.82) is 5.26 Å². The van der Waals surface area contributed by atoms with Gasteiger partial charge in [0.25, 0.3) is 0 Å². The van der Waals surface area contributed by atoms with Gasteiger partial charge in [-0.05, 0) is 32.9 Å². The van der Waals surface area contributed by atoms with Crippen LogP contribution in [-0.2, 0) is 10.9 Å². The molecule has 0 aromatic heterocycles. The van der Waals surface area contributed by atoms with Crippen LogP contribution in [0.1, 0.15) is 44.7 Å². The monoisotopic (exact) mass is 356 g/mol. The number of nitrogens with one attached hydrogen (secondary N) is 1. The van der Waals surface area contributed by atoms with E-state index >= 15 is 0 Å². The van der Waals surface area contributed by atoms with Gasteiger partial charge < -0.3 is 14.8 Å². The fourth-order valence-corrected chi connectivity index (χ4v) is 2.41. The molecule has 1 aromatic rings. The summed E-state index contributed by atoms with van der Waals surface area (Å²) >= 11 is 0. The zero-order chi connectivity index (χ0) is 18.8. The van der Waals surface area contributed by atoms with Crippen molar-refractivity contribution in [1.82, 2.24) is 5.32 Å². The van der Waals surface area contributed by atoms with Crippen molar-refractivity contribution in [3.8, 4) is 11.8 Å². The van der Waals surface area contributed by atoms with Gasteiger partial charge in [-0.15, -0.1) is 0 Å². The van der Waals surface area contributed by atoms with E-state index in [1.54, 1.807) is 26.8 Å². The highest BCUT2D eigenvalue weighted by molar-refractivity contribution is 5.68. The average molecular weight is 356 g/mol. The first kappa shape index (κ1) is 18.9. The Morgan fingerprint density at radius 3 is 2.44 bits per heavy atom. The maximum absolute atomic E-state index is 12.9. The molecule has 0 bridgehead atoms. The van der Waals surface area contributed by atoms with Crippen LogP contribution in [0.2, 0.25) is 0 Å². The molecule has 1 amide bonds. The summed E-state index contributed by atoms with van der Waals surface area (Å²) in [6.45, 7) is 5.24. The molecule has 25 heavy (non-hydrogen) atoms. The van der Waals surface area contributed by atoms with Crippen molar-refractivity contribution >= 4 is 6.09 Å². The van der Waals surface area contributed by atoms with Gasteiger partial charge in [-0.2, -0.15) is 18.4 Å². The number of alkyl carbamates (subject to hydrolysis) is 1. The van der Waals surface area contributed by atoms with Gasteiger partial charge in [0, 0.05) is 18.9 Å². The second-order valence-corrected chi connectivity index (χ2v) is 6.84. The number of nitrogens with zero attached hydrogens (tertiary/aromatic N) is 1. The first-order valence-electron chi connectivity index (χ1n) is 7.76. The SMILES string of the molecule is CC(C)(C)OC(=O)NC1CC(Oc2cccc(C(F)(F)F)c2C#N)C1. The number of halogens is 3. The minimum atomic E-state index is -4.62. The quantitative estimate of drug-likeness (QED) is 0.888. The van der Waals surface area contributed by atoms with Crippen LogP contribution >= 0.6 is 0 Å². The van der Waals surface area contributed by atoms with E-state index in [-0.39, 0.29) is 17.9 Å². The largest absolute Gasteiger partial charge is 0.489 e. The third-order valence-electron chi connectivity index (χ3n) is 3.55. The van der Waals surface area contributed by atoms with E-state index in [0.717, 1.165) is 6.07 Å². The molecule has 1 aliphatic rings. The highest BCUT2D eigenvalue weighted by Crippen LogP contribution is 2.37. The highest BCUT2D eigenvalue weighted by Gasteiger charge is 2.37. The van der Waals surface area contributed by atoms with Crippen LogP contribution in [0.15, 0.2) is 18.2 Å². The molecule has 0 radical (unpaired) electrons. The van der Waals surface area contributed by atoms with Crippen LogP contribution in [0.3, 0.4) is 0 Å². The second-order valence-electron chi connectivity index (χ2n) is 6.84. The number of hydrogen-bond acceptors (Lipinski definition) is 4. The van der Waals surface area contributed by atoms with Gasteiger partial charge in [0.1, 0.15) is 29.1 Å². The molecular formula is C17H19F3N2O3.